The highest BCUT2D eigenvalue weighted by atomic mass is 32.1. The Bertz CT molecular complexity index is 426. The second-order valence-electron chi connectivity index (χ2n) is 5.88. The summed E-state index contributed by atoms with van der Waals surface area (Å²) in [6.07, 6.45) is 0.757. The van der Waals surface area contributed by atoms with Crippen molar-refractivity contribution in [1.29, 1.82) is 0 Å². The van der Waals surface area contributed by atoms with Gasteiger partial charge in [0.2, 0.25) is 0 Å². The molecule has 0 aliphatic heterocycles. The van der Waals surface area contributed by atoms with E-state index < -0.39 is 0 Å². The molecule has 0 spiro atoms. The number of methoxy groups -OCH3 is 1. The molecular weight excluding hydrogens is 274 g/mol. The van der Waals surface area contributed by atoms with E-state index in [1.807, 2.05) is 6.92 Å². The maximum absolute atomic E-state index is 11.6. The molecule has 0 aliphatic carbocycles. The summed E-state index contributed by atoms with van der Waals surface area (Å²) in [6.45, 7) is 9.44. The smallest absolute Gasteiger partial charge is 0.315 e. The van der Waals surface area contributed by atoms with Crippen LogP contribution < -0.4 is 10.6 Å². The third-order valence-electron chi connectivity index (χ3n) is 2.74. The van der Waals surface area contributed by atoms with Gasteiger partial charge in [-0.1, -0.05) is 20.8 Å². The van der Waals surface area contributed by atoms with Gasteiger partial charge in [0.1, 0.15) is 0 Å². The molecule has 1 heterocycles. The zero-order valence-electron chi connectivity index (χ0n) is 12.9. The molecule has 0 fully saturated rings. The van der Waals surface area contributed by atoms with Gasteiger partial charge < -0.3 is 15.4 Å². The fourth-order valence-electron chi connectivity index (χ4n) is 1.62. The quantitative estimate of drug-likeness (QED) is 0.847. The molecule has 0 radical (unpaired) electrons. The van der Waals surface area contributed by atoms with E-state index in [1.54, 1.807) is 18.4 Å². The molecule has 1 atom stereocenters. The zero-order chi connectivity index (χ0) is 15.2. The minimum atomic E-state index is -0.165. The summed E-state index contributed by atoms with van der Waals surface area (Å²) in [7, 11) is 1.62. The van der Waals surface area contributed by atoms with Crippen LogP contribution in [-0.2, 0) is 16.6 Å². The van der Waals surface area contributed by atoms with Crippen molar-refractivity contribution in [3.63, 3.8) is 0 Å². The van der Waals surface area contributed by atoms with E-state index in [-0.39, 0.29) is 17.5 Å². The van der Waals surface area contributed by atoms with Crippen molar-refractivity contribution in [2.45, 2.75) is 45.6 Å². The van der Waals surface area contributed by atoms with Crippen molar-refractivity contribution in [3.05, 3.63) is 16.1 Å². The highest BCUT2D eigenvalue weighted by Crippen LogP contribution is 2.23. The summed E-state index contributed by atoms with van der Waals surface area (Å²) in [5.41, 5.74) is 1.19. The van der Waals surface area contributed by atoms with Gasteiger partial charge in [0, 0.05) is 30.9 Å². The number of amides is 2. The first kappa shape index (κ1) is 16.9. The lowest BCUT2D eigenvalue weighted by molar-refractivity contribution is 0.171. The molecule has 2 N–H and O–H groups in total. The average Bonchev–Trinajstić information content (AvgIpc) is 2.77. The van der Waals surface area contributed by atoms with E-state index in [1.165, 1.54) is 0 Å². The lowest BCUT2D eigenvalue weighted by atomic mass is 9.93. The predicted molar refractivity (Wildman–Crippen MR) is 82.4 cm³/mol. The molecule has 5 nitrogen and oxygen atoms in total. The summed E-state index contributed by atoms with van der Waals surface area (Å²) in [4.78, 5) is 16.2. The summed E-state index contributed by atoms with van der Waals surface area (Å²) < 4.78 is 4.96. The Morgan fingerprint density at radius 2 is 2.20 bits per heavy atom. The number of nitrogens with one attached hydrogen (secondary N) is 2. The Kier molecular flexibility index (Phi) is 6.42. The van der Waals surface area contributed by atoms with E-state index in [9.17, 15) is 4.79 Å². The van der Waals surface area contributed by atoms with E-state index in [2.05, 4.69) is 41.8 Å². The number of thiazole rings is 1. The molecule has 1 rings (SSSR count). The first-order valence-electron chi connectivity index (χ1n) is 6.81. The Morgan fingerprint density at radius 1 is 1.50 bits per heavy atom. The number of ether oxygens (including phenoxy) is 1. The highest BCUT2D eigenvalue weighted by Gasteiger charge is 2.17. The minimum absolute atomic E-state index is 0.00681. The Labute approximate surface area is 125 Å². The normalized spacial score (nSPS) is 13.1. The van der Waals surface area contributed by atoms with Crippen molar-refractivity contribution < 1.29 is 9.53 Å². The van der Waals surface area contributed by atoms with Crippen molar-refractivity contribution in [2.75, 3.05) is 20.3 Å². The van der Waals surface area contributed by atoms with Gasteiger partial charge in [-0.2, -0.15) is 0 Å². The largest absolute Gasteiger partial charge is 0.383 e. The lowest BCUT2D eigenvalue weighted by Gasteiger charge is -2.14. The molecule has 0 saturated heterocycles. The first-order chi connectivity index (χ1) is 9.32. The number of aromatic nitrogens is 1. The Morgan fingerprint density at radius 3 is 2.75 bits per heavy atom. The van der Waals surface area contributed by atoms with E-state index >= 15 is 0 Å². The van der Waals surface area contributed by atoms with Gasteiger partial charge in [0.05, 0.1) is 23.4 Å². The molecule has 1 aromatic heterocycles. The maximum Gasteiger partial charge on any atom is 0.315 e. The van der Waals surface area contributed by atoms with Gasteiger partial charge in [-0.3, -0.25) is 0 Å². The molecule has 1 aromatic rings. The Balaban J connectivity index is 2.30. The standard InChI is InChI=1S/C14H25N3O2S/c1-10(8-19-5)16-13(18)15-7-6-12-17-11(9-20-12)14(2,3)4/h9-10H,6-8H2,1-5H3,(H2,15,16,18). The molecule has 0 saturated carbocycles. The van der Waals surface area contributed by atoms with Crippen LogP contribution >= 0.6 is 11.3 Å². The molecule has 0 aromatic carbocycles. The number of nitrogens with zero attached hydrogens (tertiary/aromatic N) is 1. The van der Waals surface area contributed by atoms with Crippen LogP contribution in [0.25, 0.3) is 0 Å². The summed E-state index contributed by atoms with van der Waals surface area (Å²) in [5, 5.41) is 8.78. The first-order valence-corrected chi connectivity index (χ1v) is 7.69. The fraction of sp³-hybridized carbons (Fsp3) is 0.714. The van der Waals surface area contributed by atoms with Crippen LogP contribution in [0.1, 0.15) is 38.4 Å². The van der Waals surface area contributed by atoms with Gasteiger partial charge >= 0.3 is 6.03 Å². The van der Waals surface area contributed by atoms with Gasteiger partial charge in [0.15, 0.2) is 0 Å². The highest BCUT2D eigenvalue weighted by molar-refractivity contribution is 7.09. The lowest BCUT2D eigenvalue weighted by Crippen LogP contribution is -2.43. The third kappa shape index (κ3) is 5.88. The minimum Gasteiger partial charge on any atom is -0.383 e. The fourth-order valence-corrected chi connectivity index (χ4v) is 2.64. The summed E-state index contributed by atoms with van der Waals surface area (Å²) in [5.74, 6) is 0. The van der Waals surface area contributed by atoms with Gasteiger partial charge in [-0.25, -0.2) is 9.78 Å². The SMILES string of the molecule is COCC(C)NC(=O)NCCc1nc(C(C)(C)C)cs1. The van der Waals surface area contributed by atoms with Gasteiger partial charge in [-0.15, -0.1) is 11.3 Å². The molecule has 20 heavy (non-hydrogen) atoms. The maximum atomic E-state index is 11.6. The number of hydrogen-bond donors (Lipinski definition) is 2. The van der Waals surface area contributed by atoms with E-state index in [0.717, 1.165) is 17.1 Å². The molecule has 114 valence electrons. The molecule has 2 amide bonds. The molecule has 0 bridgehead atoms. The van der Waals surface area contributed by atoms with Crippen LogP contribution in [0.2, 0.25) is 0 Å². The van der Waals surface area contributed by atoms with Crippen molar-refractivity contribution in [1.82, 2.24) is 15.6 Å². The average molecular weight is 299 g/mol. The van der Waals surface area contributed by atoms with Crippen LogP contribution in [0.15, 0.2) is 5.38 Å². The van der Waals surface area contributed by atoms with Crippen molar-refractivity contribution >= 4 is 17.4 Å². The number of carbonyl (C=O) groups excluding carboxylic acids is 1. The van der Waals surface area contributed by atoms with Crippen LogP contribution in [-0.4, -0.2) is 37.3 Å². The topological polar surface area (TPSA) is 63.2 Å². The summed E-state index contributed by atoms with van der Waals surface area (Å²) >= 11 is 1.65. The summed E-state index contributed by atoms with van der Waals surface area (Å²) in [6, 6.07) is -0.158. The number of hydrogen-bond acceptors (Lipinski definition) is 4. The molecule has 1 unspecified atom stereocenters. The second-order valence-corrected chi connectivity index (χ2v) is 6.83. The third-order valence-corrected chi connectivity index (χ3v) is 3.65. The second kappa shape index (κ2) is 7.59. The van der Waals surface area contributed by atoms with Crippen molar-refractivity contribution in [3.8, 4) is 0 Å². The van der Waals surface area contributed by atoms with Crippen LogP contribution in [0.4, 0.5) is 4.79 Å². The van der Waals surface area contributed by atoms with Crippen molar-refractivity contribution in [2.24, 2.45) is 0 Å². The van der Waals surface area contributed by atoms with Gasteiger partial charge in [0.25, 0.3) is 0 Å². The van der Waals surface area contributed by atoms with Crippen LogP contribution in [0.5, 0.6) is 0 Å². The zero-order valence-corrected chi connectivity index (χ0v) is 13.8. The van der Waals surface area contributed by atoms with E-state index in [4.69, 9.17) is 4.74 Å². The van der Waals surface area contributed by atoms with Crippen LogP contribution in [0, 0.1) is 0 Å². The van der Waals surface area contributed by atoms with E-state index in [0.29, 0.717) is 13.2 Å². The molecule has 6 heteroatoms. The number of rotatable bonds is 6. The number of carbonyl (C=O) groups is 1. The van der Waals surface area contributed by atoms with Gasteiger partial charge in [-0.05, 0) is 6.92 Å². The molecule has 0 aliphatic rings. The monoisotopic (exact) mass is 299 g/mol. The van der Waals surface area contributed by atoms with Crippen LogP contribution in [0.3, 0.4) is 0 Å². The molecular formula is C14H25N3O2S. The number of urea groups is 1. The Hall–Kier alpha value is -1.14. The predicted octanol–water partition coefficient (Wildman–Crippen LogP) is 2.32.